The molecule has 2 aromatic carbocycles. The van der Waals surface area contributed by atoms with E-state index in [0.717, 1.165) is 12.5 Å². The number of benzene rings is 2. The Hall–Kier alpha value is -2.63. The average Bonchev–Trinajstić information content (AvgIpc) is 2.77. The molecule has 0 aromatic heterocycles. The number of nitrogens with zero attached hydrogens (tertiary/aromatic N) is 1. The lowest BCUT2D eigenvalue weighted by Gasteiger charge is -2.34. The number of hydrogen-bond donors (Lipinski definition) is 1. The van der Waals surface area contributed by atoms with E-state index >= 15 is 0 Å². The Labute approximate surface area is 206 Å². The van der Waals surface area contributed by atoms with Crippen molar-refractivity contribution in [2.24, 2.45) is 11.8 Å². The third kappa shape index (κ3) is 6.74. The molecule has 1 amide bonds. The summed E-state index contributed by atoms with van der Waals surface area (Å²) in [5.74, 6) is -1.46. The van der Waals surface area contributed by atoms with Gasteiger partial charge in [-0.2, -0.15) is 17.5 Å². The van der Waals surface area contributed by atoms with Gasteiger partial charge in [0.2, 0.25) is 10.0 Å². The fraction of sp³-hybridized carbons (Fsp3) is 0.391. The van der Waals surface area contributed by atoms with Gasteiger partial charge < -0.3 is 10.1 Å². The van der Waals surface area contributed by atoms with E-state index in [9.17, 15) is 31.2 Å². The molecular formula is C23H24ClF3N2O5S. The first kappa shape index (κ1) is 27.0. The maximum atomic E-state index is 13.1. The molecule has 0 spiro atoms. The number of halogens is 4. The number of esters is 1. The molecule has 1 aliphatic heterocycles. The molecule has 1 aliphatic rings. The van der Waals surface area contributed by atoms with Crippen molar-refractivity contribution in [3.63, 3.8) is 0 Å². The summed E-state index contributed by atoms with van der Waals surface area (Å²) < 4.78 is 71.6. The lowest BCUT2D eigenvalue weighted by Crippen LogP contribution is -2.42. The minimum Gasteiger partial charge on any atom is -0.452 e. The Balaban J connectivity index is 1.62. The molecule has 1 N–H and O–H groups in total. The van der Waals surface area contributed by atoms with Crippen LogP contribution in [0.15, 0.2) is 47.4 Å². The number of amides is 1. The second-order valence-electron chi connectivity index (χ2n) is 8.60. The SMILES string of the molecule is CC1CC(C)CN(S(=O)(=O)c2ccc(C(=O)OCC(=O)Nc3ccc(Cl)cc3C(F)(F)F)cc2)C1. The van der Waals surface area contributed by atoms with Crippen LogP contribution in [0, 0.1) is 11.8 Å². The standard InChI is InChI=1S/C23H24ClF3N2O5S/c1-14-9-15(2)12-29(11-14)35(32,33)18-6-3-16(4-7-18)22(31)34-13-21(30)28-20-8-5-17(24)10-19(20)23(25,26)27/h3-8,10,14-15H,9,11-13H2,1-2H3,(H,28,30). The fourth-order valence-electron chi connectivity index (χ4n) is 3.97. The van der Waals surface area contributed by atoms with E-state index in [1.165, 1.54) is 34.6 Å². The zero-order chi connectivity index (χ0) is 26.0. The molecule has 2 aromatic rings. The lowest BCUT2D eigenvalue weighted by molar-refractivity contribution is -0.137. The Bertz CT molecular complexity index is 1190. The van der Waals surface area contributed by atoms with Gasteiger partial charge in [0.15, 0.2) is 6.61 Å². The van der Waals surface area contributed by atoms with Gasteiger partial charge in [-0.3, -0.25) is 4.79 Å². The number of piperidine rings is 1. The van der Waals surface area contributed by atoms with E-state index < -0.39 is 45.9 Å². The predicted molar refractivity (Wildman–Crippen MR) is 124 cm³/mol. The van der Waals surface area contributed by atoms with Crippen molar-refractivity contribution < 1.29 is 35.9 Å². The quantitative estimate of drug-likeness (QED) is 0.538. The van der Waals surface area contributed by atoms with Crippen LogP contribution in [-0.4, -0.2) is 44.3 Å². The largest absolute Gasteiger partial charge is 0.452 e. The summed E-state index contributed by atoms with van der Waals surface area (Å²) in [4.78, 5) is 24.3. The number of nitrogens with one attached hydrogen (secondary N) is 1. The van der Waals surface area contributed by atoms with Gasteiger partial charge in [0.1, 0.15) is 0 Å². The molecule has 0 aliphatic carbocycles. The minimum absolute atomic E-state index is 0.0143. The van der Waals surface area contributed by atoms with Gasteiger partial charge in [0.25, 0.3) is 5.91 Å². The third-order valence-electron chi connectivity index (χ3n) is 5.46. The van der Waals surface area contributed by atoms with Crippen LogP contribution in [0.4, 0.5) is 18.9 Å². The van der Waals surface area contributed by atoms with E-state index in [-0.39, 0.29) is 27.3 Å². The van der Waals surface area contributed by atoms with Crippen molar-refractivity contribution in [2.75, 3.05) is 25.0 Å². The van der Waals surface area contributed by atoms with Crippen LogP contribution in [0.1, 0.15) is 36.2 Å². The van der Waals surface area contributed by atoms with Gasteiger partial charge >= 0.3 is 12.1 Å². The zero-order valence-corrected chi connectivity index (χ0v) is 20.5. The van der Waals surface area contributed by atoms with Gasteiger partial charge in [0.05, 0.1) is 21.7 Å². The maximum Gasteiger partial charge on any atom is 0.418 e. The molecule has 0 saturated carbocycles. The molecule has 1 heterocycles. The molecule has 1 fully saturated rings. The predicted octanol–water partition coefficient (Wildman–Crippen LogP) is 4.82. The van der Waals surface area contributed by atoms with Crippen molar-refractivity contribution >= 4 is 39.2 Å². The molecule has 35 heavy (non-hydrogen) atoms. The van der Waals surface area contributed by atoms with Crippen molar-refractivity contribution in [3.05, 3.63) is 58.6 Å². The molecule has 0 bridgehead atoms. The van der Waals surface area contributed by atoms with Gasteiger partial charge in [-0.25, -0.2) is 13.2 Å². The van der Waals surface area contributed by atoms with Crippen LogP contribution in [-0.2, 0) is 25.7 Å². The zero-order valence-electron chi connectivity index (χ0n) is 18.9. The van der Waals surface area contributed by atoms with Crippen molar-refractivity contribution in [1.29, 1.82) is 0 Å². The van der Waals surface area contributed by atoms with Gasteiger partial charge in [-0.15, -0.1) is 0 Å². The molecule has 7 nitrogen and oxygen atoms in total. The summed E-state index contributed by atoms with van der Waals surface area (Å²) >= 11 is 5.60. The van der Waals surface area contributed by atoms with Gasteiger partial charge in [-0.05, 0) is 60.7 Å². The number of carbonyl (C=O) groups excluding carboxylic acids is 2. The fourth-order valence-corrected chi connectivity index (χ4v) is 5.83. The Kier molecular flexibility index (Phi) is 8.13. The highest BCUT2D eigenvalue weighted by Crippen LogP contribution is 2.36. The summed E-state index contributed by atoms with van der Waals surface area (Å²) in [6.07, 6.45) is -3.81. The second kappa shape index (κ2) is 10.5. The summed E-state index contributed by atoms with van der Waals surface area (Å²) in [7, 11) is -3.73. The summed E-state index contributed by atoms with van der Waals surface area (Å²) in [5.41, 5.74) is -1.68. The first-order chi connectivity index (χ1) is 16.3. The van der Waals surface area contributed by atoms with Gasteiger partial charge in [0, 0.05) is 18.1 Å². The van der Waals surface area contributed by atoms with E-state index in [1.807, 2.05) is 19.2 Å². The maximum absolute atomic E-state index is 13.1. The van der Waals surface area contributed by atoms with Crippen LogP contribution >= 0.6 is 11.6 Å². The molecule has 2 unspecified atom stereocenters. The van der Waals surface area contributed by atoms with Crippen molar-refractivity contribution in [2.45, 2.75) is 31.3 Å². The number of carbonyl (C=O) groups is 2. The van der Waals surface area contributed by atoms with E-state index in [4.69, 9.17) is 16.3 Å². The molecular weight excluding hydrogens is 509 g/mol. The van der Waals surface area contributed by atoms with Gasteiger partial charge in [-0.1, -0.05) is 25.4 Å². The van der Waals surface area contributed by atoms with Crippen LogP contribution in [0.25, 0.3) is 0 Å². The van der Waals surface area contributed by atoms with Crippen molar-refractivity contribution in [1.82, 2.24) is 4.31 Å². The minimum atomic E-state index is -4.75. The number of alkyl halides is 3. The molecule has 12 heteroatoms. The number of sulfonamides is 1. The van der Waals surface area contributed by atoms with Crippen molar-refractivity contribution in [3.8, 4) is 0 Å². The highest BCUT2D eigenvalue weighted by molar-refractivity contribution is 7.89. The second-order valence-corrected chi connectivity index (χ2v) is 11.0. The van der Waals surface area contributed by atoms with Crippen LogP contribution in [0.3, 0.4) is 0 Å². The van der Waals surface area contributed by atoms with E-state index in [0.29, 0.717) is 19.2 Å². The number of ether oxygens (including phenoxy) is 1. The number of hydrogen-bond acceptors (Lipinski definition) is 5. The third-order valence-corrected chi connectivity index (χ3v) is 7.54. The molecule has 190 valence electrons. The highest BCUT2D eigenvalue weighted by Gasteiger charge is 2.34. The van der Waals surface area contributed by atoms with Crippen LogP contribution in [0.2, 0.25) is 5.02 Å². The molecule has 0 radical (unpaired) electrons. The average molecular weight is 533 g/mol. The van der Waals surface area contributed by atoms with Crippen LogP contribution in [0.5, 0.6) is 0 Å². The first-order valence-electron chi connectivity index (χ1n) is 10.7. The molecule has 1 saturated heterocycles. The first-order valence-corrected chi connectivity index (χ1v) is 12.5. The Morgan fingerprint density at radius 3 is 2.26 bits per heavy atom. The summed E-state index contributed by atoms with van der Waals surface area (Å²) in [6.45, 7) is 3.96. The van der Waals surface area contributed by atoms with Crippen LogP contribution < -0.4 is 5.32 Å². The monoisotopic (exact) mass is 532 g/mol. The summed E-state index contributed by atoms with van der Waals surface area (Å²) in [6, 6.07) is 7.91. The highest BCUT2D eigenvalue weighted by atomic mass is 35.5. The Morgan fingerprint density at radius 2 is 1.69 bits per heavy atom. The Morgan fingerprint density at radius 1 is 1.09 bits per heavy atom. The number of anilines is 1. The smallest absolute Gasteiger partial charge is 0.418 e. The number of rotatable bonds is 6. The summed E-state index contributed by atoms with van der Waals surface area (Å²) in [5, 5.41) is 1.89. The van der Waals surface area contributed by atoms with E-state index in [1.54, 1.807) is 0 Å². The molecule has 2 atom stereocenters. The normalized spacial score (nSPS) is 19.3. The molecule has 3 rings (SSSR count). The lowest BCUT2D eigenvalue weighted by atomic mass is 9.94. The van der Waals surface area contributed by atoms with E-state index in [2.05, 4.69) is 0 Å². The topological polar surface area (TPSA) is 92.8 Å².